The molecule has 4 rings (SSSR count). The van der Waals surface area contributed by atoms with Crippen LogP contribution in [0.4, 0.5) is 34.8 Å². The van der Waals surface area contributed by atoms with Crippen molar-refractivity contribution in [2.75, 3.05) is 42.9 Å². The van der Waals surface area contributed by atoms with Gasteiger partial charge in [-0.15, -0.1) is 0 Å². The summed E-state index contributed by atoms with van der Waals surface area (Å²) in [5.74, 6) is 5.89. The van der Waals surface area contributed by atoms with Crippen molar-refractivity contribution in [3.05, 3.63) is 82.7 Å². The van der Waals surface area contributed by atoms with Crippen LogP contribution in [0.5, 0.6) is 5.75 Å². The predicted molar refractivity (Wildman–Crippen MR) is 164 cm³/mol. The molecule has 0 aliphatic carbocycles. The first-order valence-corrected chi connectivity index (χ1v) is 14.0. The number of likely N-dealkylation sites (tertiary alicyclic amines) is 1. The van der Waals surface area contributed by atoms with Gasteiger partial charge in [-0.1, -0.05) is 6.07 Å². The lowest BCUT2D eigenvalue weighted by Gasteiger charge is -2.22. The quantitative estimate of drug-likeness (QED) is 0.139. The zero-order chi connectivity index (χ0) is 32.9. The number of pyridine rings is 1. The summed E-state index contributed by atoms with van der Waals surface area (Å²) in [6, 6.07) is 9.86. The predicted octanol–water partition coefficient (Wildman–Crippen LogP) is 5.07. The maximum Gasteiger partial charge on any atom is 0.416 e. The summed E-state index contributed by atoms with van der Waals surface area (Å²) in [7, 11) is 2.99. The van der Waals surface area contributed by atoms with Gasteiger partial charge < -0.3 is 20.7 Å². The molecule has 1 atom stereocenters. The van der Waals surface area contributed by atoms with E-state index in [1.54, 1.807) is 49.5 Å². The molecule has 1 aromatic heterocycles. The minimum absolute atomic E-state index is 0.0266. The van der Waals surface area contributed by atoms with Crippen molar-refractivity contribution < 1.29 is 31.9 Å². The standard InChI is InChI=1S/C31H35F4N7O3/c1-18-5-6-20(12-27(18)42(36)17-26(37-3)21-7-8-28(38-14-21)39-19(2)43)30(44)40-25-13-23(31(33,34)35)11-22(29(25)45-4)15-41-10-9-24(32)16-41/h5-8,11-14,17,24,37H,9-10,15-16,36H2,1-4H3,(H,40,44)(H,38,39,43)/b26-17-. The second-order valence-corrected chi connectivity index (χ2v) is 10.6. The van der Waals surface area contributed by atoms with Gasteiger partial charge in [-0.2, -0.15) is 13.2 Å². The van der Waals surface area contributed by atoms with Crippen molar-refractivity contribution in [2.45, 2.75) is 39.2 Å². The van der Waals surface area contributed by atoms with E-state index >= 15 is 0 Å². The number of anilines is 3. The Morgan fingerprint density at radius 1 is 1.16 bits per heavy atom. The molecule has 5 N–H and O–H groups in total. The lowest BCUT2D eigenvalue weighted by Crippen LogP contribution is -2.27. The summed E-state index contributed by atoms with van der Waals surface area (Å²) in [5, 5.41) is 9.50. The van der Waals surface area contributed by atoms with E-state index in [4.69, 9.17) is 10.6 Å². The molecule has 1 saturated heterocycles. The van der Waals surface area contributed by atoms with Crippen LogP contribution in [0.25, 0.3) is 5.70 Å². The van der Waals surface area contributed by atoms with Crippen LogP contribution in [-0.4, -0.2) is 55.1 Å². The summed E-state index contributed by atoms with van der Waals surface area (Å²) in [5.41, 5.74) is 1.59. The number of nitrogens with one attached hydrogen (secondary N) is 3. The number of benzene rings is 2. The van der Waals surface area contributed by atoms with Gasteiger partial charge in [-0.05, 0) is 55.3 Å². The van der Waals surface area contributed by atoms with E-state index in [0.717, 1.165) is 17.7 Å². The number of carbonyl (C=O) groups excluding carboxylic acids is 2. The molecule has 2 amide bonds. The molecular formula is C31H35F4N7O3. The number of alkyl halides is 4. The Bertz CT molecular complexity index is 1580. The summed E-state index contributed by atoms with van der Waals surface area (Å²) < 4.78 is 60.8. The molecule has 1 unspecified atom stereocenters. The maximum absolute atomic E-state index is 13.9. The van der Waals surface area contributed by atoms with Crippen LogP contribution in [0.2, 0.25) is 0 Å². The van der Waals surface area contributed by atoms with E-state index in [2.05, 4.69) is 20.9 Å². The highest BCUT2D eigenvalue weighted by Crippen LogP contribution is 2.39. The Morgan fingerprint density at radius 2 is 1.89 bits per heavy atom. The fourth-order valence-electron chi connectivity index (χ4n) is 5.00. The van der Waals surface area contributed by atoms with Gasteiger partial charge in [0.2, 0.25) is 5.91 Å². The van der Waals surface area contributed by atoms with Crippen LogP contribution in [0.1, 0.15) is 46.0 Å². The Labute approximate surface area is 258 Å². The first-order valence-electron chi connectivity index (χ1n) is 14.0. The van der Waals surface area contributed by atoms with Crippen LogP contribution in [0, 0.1) is 6.92 Å². The molecule has 3 aromatic rings. The largest absolute Gasteiger partial charge is 0.494 e. The molecule has 0 spiro atoms. The van der Waals surface area contributed by atoms with Gasteiger partial charge in [0.1, 0.15) is 17.7 Å². The van der Waals surface area contributed by atoms with E-state index in [1.807, 2.05) is 0 Å². The number of aromatic nitrogens is 1. The number of ether oxygens (including phenoxy) is 1. The fraction of sp³-hybridized carbons (Fsp3) is 0.323. The lowest BCUT2D eigenvalue weighted by atomic mass is 10.1. The number of halogens is 4. The smallest absolute Gasteiger partial charge is 0.416 e. The molecule has 240 valence electrons. The molecular weight excluding hydrogens is 594 g/mol. The second-order valence-electron chi connectivity index (χ2n) is 10.6. The van der Waals surface area contributed by atoms with Crippen molar-refractivity contribution in [3.8, 4) is 5.75 Å². The molecule has 0 radical (unpaired) electrons. The summed E-state index contributed by atoms with van der Waals surface area (Å²) in [6.45, 7) is 3.69. The number of nitrogens with two attached hydrogens (primary N) is 1. The number of aryl methyl sites for hydroxylation is 1. The molecule has 45 heavy (non-hydrogen) atoms. The Morgan fingerprint density at radius 3 is 2.47 bits per heavy atom. The van der Waals surface area contributed by atoms with E-state index in [1.165, 1.54) is 31.2 Å². The number of amides is 2. The third-order valence-corrected chi connectivity index (χ3v) is 7.22. The molecule has 0 bridgehead atoms. The van der Waals surface area contributed by atoms with E-state index in [-0.39, 0.29) is 41.6 Å². The van der Waals surface area contributed by atoms with Crippen LogP contribution in [0.15, 0.2) is 54.9 Å². The second kappa shape index (κ2) is 13.9. The number of carbonyl (C=O) groups is 2. The number of hydrazine groups is 1. The Hall–Kier alpha value is -4.69. The monoisotopic (exact) mass is 629 g/mol. The molecule has 1 aliphatic rings. The zero-order valence-electron chi connectivity index (χ0n) is 25.3. The average Bonchev–Trinajstić information content (AvgIpc) is 3.39. The highest BCUT2D eigenvalue weighted by molar-refractivity contribution is 6.06. The first-order chi connectivity index (χ1) is 21.3. The van der Waals surface area contributed by atoms with Crippen LogP contribution in [0.3, 0.4) is 0 Å². The highest BCUT2D eigenvalue weighted by Gasteiger charge is 2.34. The Balaban J connectivity index is 1.62. The van der Waals surface area contributed by atoms with Gasteiger partial charge >= 0.3 is 6.18 Å². The van der Waals surface area contributed by atoms with Crippen LogP contribution in [-0.2, 0) is 17.5 Å². The number of methoxy groups -OCH3 is 1. The molecule has 14 heteroatoms. The summed E-state index contributed by atoms with van der Waals surface area (Å²) >= 11 is 0. The topological polar surface area (TPSA) is 125 Å². The number of hydrogen-bond donors (Lipinski definition) is 4. The number of nitrogens with zero attached hydrogens (tertiary/aromatic N) is 3. The molecule has 2 heterocycles. The van der Waals surface area contributed by atoms with Crippen LogP contribution < -0.4 is 31.5 Å². The SMILES string of the molecule is CN/C(=C\N(N)c1cc(C(=O)Nc2cc(C(F)(F)F)cc(CN3CCC(F)C3)c2OC)ccc1C)c1ccc(NC(C)=O)nc1. The van der Waals surface area contributed by atoms with Crippen molar-refractivity contribution >= 4 is 34.7 Å². The first kappa shape index (κ1) is 33.2. The van der Waals surface area contributed by atoms with Crippen molar-refractivity contribution in [1.82, 2.24) is 15.2 Å². The minimum Gasteiger partial charge on any atom is -0.494 e. The van der Waals surface area contributed by atoms with Crippen molar-refractivity contribution in [2.24, 2.45) is 5.84 Å². The number of hydrogen-bond acceptors (Lipinski definition) is 8. The third-order valence-electron chi connectivity index (χ3n) is 7.22. The third kappa shape index (κ3) is 8.28. The van der Waals surface area contributed by atoms with E-state index in [9.17, 15) is 27.2 Å². The maximum atomic E-state index is 13.9. The normalized spacial score (nSPS) is 15.5. The van der Waals surface area contributed by atoms with Crippen molar-refractivity contribution in [3.63, 3.8) is 0 Å². The van der Waals surface area contributed by atoms with Gasteiger partial charge in [-0.25, -0.2) is 15.2 Å². The van der Waals surface area contributed by atoms with Crippen LogP contribution >= 0.6 is 0 Å². The molecule has 1 fully saturated rings. The molecule has 1 aliphatic heterocycles. The Kier molecular flexibility index (Phi) is 10.3. The summed E-state index contributed by atoms with van der Waals surface area (Å²) in [6.07, 6.45) is -2.31. The van der Waals surface area contributed by atoms with E-state index in [0.29, 0.717) is 35.7 Å². The van der Waals surface area contributed by atoms with E-state index < -0.39 is 23.8 Å². The molecule has 10 nitrogen and oxygen atoms in total. The minimum atomic E-state index is -4.69. The molecule has 2 aromatic carbocycles. The highest BCUT2D eigenvalue weighted by atomic mass is 19.4. The lowest BCUT2D eigenvalue weighted by molar-refractivity contribution is -0.137. The van der Waals surface area contributed by atoms with Gasteiger partial charge in [0, 0.05) is 62.7 Å². The fourth-order valence-corrected chi connectivity index (χ4v) is 5.00. The number of rotatable bonds is 10. The molecule has 0 saturated carbocycles. The zero-order valence-corrected chi connectivity index (χ0v) is 25.3. The van der Waals surface area contributed by atoms with Gasteiger partial charge in [0.05, 0.1) is 29.7 Å². The van der Waals surface area contributed by atoms with Gasteiger partial charge in [0.15, 0.2) is 0 Å². The van der Waals surface area contributed by atoms with Gasteiger partial charge in [-0.3, -0.25) is 19.5 Å². The average molecular weight is 630 g/mol. The summed E-state index contributed by atoms with van der Waals surface area (Å²) in [4.78, 5) is 30.6. The van der Waals surface area contributed by atoms with Crippen molar-refractivity contribution in [1.29, 1.82) is 0 Å². The van der Waals surface area contributed by atoms with Gasteiger partial charge in [0.25, 0.3) is 5.91 Å².